The van der Waals surface area contributed by atoms with E-state index in [0.717, 1.165) is 45.2 Å². The monoisotopic (exact) mass is 286 g/mol. The summed E-state index contributed by atoms with van der Waals surface area (Å²) in [7, 11) is 0. The lowest BCUT2D eigenvalue weighted by atomic mass is 9.86. The number of piperidine rings is 1. The summed E-state index contributed by atoms with van der Waals surface area (Å²) in [6.45, 7) is 3.93. The quantitative estimate of drug-likeness (QED) is 0.924. The first-order chi connectivity index (χ1) is 10.1. The van der Waals surface area contributed by atoms with Gasteiger partial charge >= 0.3 is 0 Å². The van der Waals surface area contributed by atoms with Gasteiger partial charge < -0.3 is 10.6 Å². The van der Waals surface area contributed by atoms with Gasteiger partial charge in [0.25, 0.3) is 0 Å². The Labute approximate surface area is 127 Å². The van der Waals surface area contributed by atoms with Gasteiger partial charge in [-0.05, 0) is 50.5 Å². The van der Waals surface area contributed by atoms with Gasteiger partial charge in [-0.25, -0.2) is 0 Å². The summed E-state index contributed by atoms with van der Waals surface area (Å²) in [6, 6.07) is 8.83. The van der Waals surface area contributed by atoms with Crippen LogP contribution in [0.1, 0.15) is 36.8 Å². The Kier molecular flexibility index (Phi) is 4.29. The fourth-order valence-electron chi connectivity index (χ4n) is 3.41. The number of nitrogens with zero attached hydrogens (tertiary/aromatic N) is 1. The summed E-state index contributed by atoms with van der Waals surface area (Å²) in [4.78, 5) is 14.1. The van der Waals surface area contributed by atoms with Crippen molar-refractivity contribution in [3.63, 3.8) is 0 Å². The predicted molar refractivity (Wildman–Crippen MR) is 84.9 cm³/mol. The second kappa shape index (κ2) is 6.18. The molecule has 1 heterocycles. The van der Waals surface area contributed by atoms with Crippen molar-refractivity contribution in [3.05, 3.63) is 35.4 Å². The van der Waals surface area contributed by atoms with Gasteiger partial charge in [-0.3, -0.25) is 4.79 Å². The molecule has 1 aromatic rings. The zero-order valence-corrected chi connectivity index (χ0v) is 12.9. The third-order valence-corrected chi connectivity index (χ3v) is 4.94. The first-order valence-electron chi connectivity index (χ1n) is 8.23. The van der Waals surface area contributed by atoms with Crippen molar-refractivity contribution in [2.75, 3.05) is 13.1 Å². The van der Waals surface area contributed by atoms with Crippen LogP contribution < -0.4 is 5.73 Å². The van der Waals surface area contributed by atoms with Gasteiger partial charge in [0.15, 0.2) is 0 Å². The molecule has 1 unspecified atom stereocenters. The fraction of sp³-hybridized carbons (Fsp3) is 0.611. The zero-order valence-electron chi connectivity index (χ0n) is 12.9. The summed E-state index contributed by atoms with van der Waals surface area (Å²) in [5, 5.41) is 0. The van der Waals surface area contributed by atoms with Crippen LogP contribution in [-0.4, -0.2) is 29.9 Å². The third kappa shape index (κ3) is 3.65. The Bertz CT molecular complexity index is 502. The minimum Gasteiger partial charge on any atom is -0.342 e. The number of aryl methyl sites for hydroxylation is 1. The van der Waals surface area contributed by atoms with Crippen LogP contribution in [0.5, 0.6) is 0 Å². The molecule has 0 aromatic heterocycles. The third-order valence-electron chi connectivity index (χ3n) is 4.94. The standard InChI is InChI=1S/C18H26N2O/c1-13-3-2-4-14(11-13)12-17(19)15-7-9-20(10-8-15)18(21)16-5-6-16/h2-4,11,15-17H,5-10,12,19H2,1H3. The molecule has 1 amide bonds. The molecule has 1 aliphatic heterocycles. The van der Waals surface area contributed by atoms with Crippen molar-refractivity contribution in [1.29, 1.82) is 0 Å². The Morgan fingerprint density at radius 1 is 1.29 bits per heavy atom. The molecule has 114 valence electrons. The second-order valence-electron chi connectivity index (χ2n) is 6.79. The van der Waals surface area contributed by atoms with E-state index in [9.17, 15) is 4.79 Å². The van der Waals surface area contributed by atoms with Crippen LogP contribution in [0.3, 0.4) is 0 Å². The topological polar surface area (TPSA) is 46.3 Å². The molecule has 1 aliphatic carbocycles. The number of amides is 1. The molecule has 2 fully saturated rings. The van der Waals surface area contributed by atoms with Crippen LogP contribution in [0.2, 0.25) is 0 Å². The first kappa shape index (κ1) is 14.6. The van der Waals surface area contributed by atoms with Crippen molar-refractivity contribution in [1.82, 2.24) is 4.90 Å². The number of carbonyl (C=O) groups excluding carboxylic acids is 1. The molecule has 3 heteroatoms. The van der Waals surface area contributed by atoms with Crippen molar-refractivity contribution in [2.24, 2.45) is 17.6 Å². The maximum absolute atomic E-state index is 12.1. The summed E-state index contributed by atoms with van der Waals surface area (Å²) in [6.07, 6.45) is 5.27. The maximum Gasteiger partial charge on any atom is 0.225 e. The van der Waals surface area contributed by atoms with Crippen LogP contribution in [-0.2, 0) is 11.2 Å². The van der Waals surface area contributed by atoms with Crippen LogP contribution in [0.25, 0.3) is 0 Å². The van der Waals surface area contributed by atoms with Crippen LogP contribution in [0, 0.1) is 18.8 Å². The average molecular weight is 286 g/mol. The van der Waals surface area contributed by atoms with Gasteiger partial charge in [0, 0.05) is 25.0 Å². The maximum atomic E-state index is 12.1. The SMILES string of the molecule is Cc1cccc(CC(N)C2CCN(C(=O)C3CC3)CC2)c1. The fourth-order valence-corrected chi connectivity index (χ4v) is 3.41. The van der Waals surface area contributed by atoms with Crippen LogP contribution in [0.15, 0.2) is 24.3 Å². The highest BCUT2D eigenvalue weighted by Crippen LogP contribution is 2.33. The van der Waals surface area contributed by atoms with Gasteiger partial charge in [-0.2, -0.15) is 0 Å². The summed E-state index contributed by atoms with van der Waals surface area (Å²) >= 11 is 0. The summed E-state index contributed by atoms with van der Waals surface area (Å²) in [5.41, 5.74) is 9.05. The van der Waals surface area contributed by atoms with E-state index in [-0.39, 0.29) is 6.04 Å². The predicted octanol–water partition coefficient (Wildman–Crippen LogP) is 2.51. The number of nitrogens with two attached hydrogens (primary N) is 1. The Morgan fingerprint density at radius 3 is 2.62 bits per heavy atom. The van der Waals surface area contributed by atoms with E-state index in [1.165, 1.54) is 11.1 Å². The molecule has 0 radical (unpaired) electrons. The molecule has 1 saturated carbocycles. The number of carbonyl (C=O) groups is 1. The lowest BCUT2D eigenvalue weighted by Gasteiger charge is -2.35. The summed E-state index contributed by atoms with van der Waals surface area (Å²) < 4.78 is 0. The number of hydrogen-bond acceptors (Lipinski definition) is 2. The van der Waals surface area contributed by atoms with Crippen molar-refractivity contribution < 1.29 is 4.79 Å². The van der Waals surface area contributed by atoms with Crippen LogP contribution >= 0.6 is 0 Å². The molecule has 3 rings (SSSR count). The highest BCUT2D eigenvalue weighted by atomic mass is 16.2. The van der Waals surface area contributed by atoms with E-state index in [1.54, 1.807) is 0 Å². The van der Waals surface area contributed by atoms with E-state index in [2.05, 4.69) is 36.1 Å². The summed E-state index contributed by atoms with van der Waals surface area (Å²) in [5.74, 6) is 1.29. The van der Waals surface area contributed by atoms with Crippen molar-refractivity contribution in [3.8, 4) is 0 Å². The van der Waals surface area contributed by atoms with E-state index < -0.39 is 0 Å². The normalized spacial score (nSPS) is 21.3. The Hall–Kier alpha value is -1.35. The molecule has 3 nitrogen and oxygen atoms in total. The lowest BCUT2D eigenvalue weighted by molar-refractivity contribution is -0.134. The molecule has 1 atom stereocenters. The van der Waals surface area contributed by atoms with Gasteiger partial charge in [0.1, 0.15) is 0 Å². The average Bonchev–Trinajstić information content (AvgIpc) is 3.31. The number of rotatable bonds is 4. The van der Waals surface area contributed by atoms with Crippen molar-refractivity contribution in [2.45, 2.75) is 45.1 Å². The van der Waals surface area contributed by atoms with Gasteiger partial charge in [0.05, 0.1) is 0 Å². The van der Waals surface area contributed by atoms with E-state index >= 15 is 0 Å². The number of benzene rings is 1. The molecular weight excluding hydrogens is 260 g/mol. The Morgan fingerprint density at radius 2 is 2.00 bits per heavy atom. The zero-order chi connectivity index (χ0) is 14.8. The van der Waals surface area contributed by atoms with Gasteiger partial charge in [-0.15, -0.1) is 0 Å². The first-order valence-corrected chi connectivity index (χ1v) is 8.23. The van der Waals surface area contributed by atoms with Gasteiger partial charge in [0.2, 0.25) is 5.91 Å². The van der Waals surface area contributed by atoms with Gasteiger partial charge in [-0.1, -0.05) is 29.8 Å². The van der Waals surface area contributed by atoms with Crippen LogP contribution in [0.4, 0.5) is 0 Å². The molecule has 2 aliphatic rings. The van der Waals surface area contributed by atoms with E-state index in [1.807, 2.05) is 0 Å². The molecule has 2 N–H and O–H groups in total. The largest absolute Gasteiger partial charge is 0.342 e. The van der Waals surface area contributed by atoms with E-state index in [0.29, 0.717) is 17.7 Å². The van der Waals surface area contributed by atoms with Crippen molar-refractivity contribution >= 4 is 5.91 Å². The Balaban J connectivity index is 1.50. The molecule has 1 saturated heterocycles. The molecule has 0 spiro atoms. The number of likely N-dealkylation sites (tertiary alicyclic amines) is 1. The highest BCUT2D eigenvalue weighted by molar-refractivity contribution is 5.81. The van der Waals surface area contributed by atoms with E-state index in [4.69, 9.17) is 5.73 Å². The smallest absolute Gasteiger partial charge is 0.225 e. The number of hydrogen-bond donors (Lipinski definition) is 1. The minimum absolute atomic E-state index is 0.213. The molecular formula is C18H26N2O. The lowest BCUT2D eigenvalue weighted by Crippen LogP contribution is -2.44. The molecule has 1 aromatic carbocycles. The second-order valence-corrected chi connectivity index (χ2v) is 6.79. The highest BCUT2D eigenvalue weighted by Gasteiger charge is 2.35. The molecule has 0 bridgehead atoms. The minimum atomic E-state index is 0.213. The molecule has 21 heavy (non-hydrogen) atoms.